The summed E-state index contributed by atoms with van der Waals surface area (Å²) in [6, 6.07) is 0. The Labute approximate surface area is 55.9 Å². The highest BCUT2D eigenvalue weighted by atomic mass is 32.2. The van der Waals surface area contributed by atoms with Gasteiger partial charge in [0.1, 0.15) is 0 Å². The summed E-state index contributed by atoms with van der Waals surface area (Å²) in [6.45, 7) is 7.25. The van der Waals surface area contributed by atoms with E-state index in [1.54, 1.807) is 18.0 Å². The van der Waals surface area contributed by atoms with Gasteiger partial charge >= 0.3 is 0 Å². The molecule has 0 saturated carbocycles. The van der Waals surface area contributed by atoms with E-state index >= 15 is 0 Å². The van der Waals surface area contributed by atoms with Crippen molar-refractivity contribution in [1.29, 1.82) is 0 Å². The second kappa shape index (κ2) is 15.9. The van der Waals surface area contributed by atoms with Crippen molar-refractivity contribution in [2.75, 3.05) is 6.26 Å². The molecule has 0 fully saturated rings. The molecule has 2 heteroatoms. The predicted molar refractivity (Wildman–Crippen MR) is 43.6 cm³/mol. The van der Waals surface area contributed by atoms with Gasteiger partial charge in [0.2, 0.25) is 0 Å². The summed E-state index contributed by atoms with van der Waals surface area (Å²) in [6.07, 6.45) is 3.63. The van der Waals surface area contributed by atoms with Gasteiger partial charge in [-0.15, -0.1) is 11.8 Å². The Kier molecular flexibility index (Phi) is 21.2. The third-order valence-corrected chi connectivity index (χ3v) is 0.696. The fourth-order valence-electron chi connectivity index (χ4n) is 0.104. The Bertz CT molecular complexity index is 59.5. The molecular formula is C6H13NS. The highest BCUT2D eigenvalue weighted by Gasteiger charge is 1.55. The third-order valence-electron chi connectivity index (χ3n) is 0.302. The summed E-state index contributed by atoms with van der Waals surface area (Å²) in [5.74, 6) is 0. The first-order valence-electron chi connectivity index (χ1n) is 2.55. The molecule has 1 nitrogen and oxygen atoms in total. The molecule has 0 aromatic carbocycles. The summed E-state index contributed by atoms with van der Waals surface area (Å²) in [5.41, 5.74) is 0. The molecule has 0 aromatic heterocycles. The first-order chi connectivity index (χ1) is 3.91. The van der Waals surface area contributed by atoms with Crippen molar-refractivity contribution in [3.63, 3.8) is 0 Å². The van der Waals surface area contributed by atoms with Crippen LogP contribution in [0, 0.1) is 0 Å². The monoisotopic (exact) mass is 131 g/mol. The number of hydrogen-bond acceptors (Lipinski definition) is 2. The van der Waals surface area contributed by atoms with Crippen LogP contribution in [0.1, 0.15) is 13.8 Å². The van der Waals surface area contributed by atoms with E-state index in [-0.39, 0.29) is 0 Å². The van der Waals surface area contributed by atoms with Gasteiger partial charge in [0.25, 0.3) is 0 Å². The molecule has 0 aliphatic rings. The largest absolute Gasteiger partial charge is 0.272 e. The number of nitrogens with zero attached hydrogens (tertiary/aromatic N) is 1. The summed E-state index contributed by atoms with van der Waals surface area (Å²) in [4.78, 5) is 3.47. The lowest BCUT2D eigenvalue weighted by atomic mass is 11.0. The molecule has 0 unspecified atom stereocenters. The molecule has 0 atom stereocenters. The van der Waals surface area contributed by atoms with Crippen LogP contribution in [0.5, 0.6) is 0 Å². The summed E-state index contributed by atoms with van der Waals surface area (Å²) in [7, 11) is 0. The Morgan fingerprint density at radius 3 is 2.12 bits per heavy atom. The van der Waals surface area contributed by atoms with Crippen LogP contribution in [0.2, 0.25) is 0 Å². The second-order valence-corrected chi connectivity index (χ2v) is 1.45. The number of rotatable bonds is 2. The van der Waals surface area contributed by atoms with Crippen LogP contribution in [0.15, 0.2) is 16.6 Å². The van der Waals surface area contributed by atoms with Crippen LogP contribution in [0.25, 0.3) is 0 Å². The lowest BCUT2D eigenvalue weighted by molar-refractivity contribution is 1.50. The fourth-order valence-corrected chi connectivity index (χ4v) is 0.312. The minimum absolute atomic E-state index is 1.61. The van der Waals surface area contributed by atoms with Crippen LogP contribution in [-0.2, 0) is 0 Å². The molecule has 0 bridgehead atoms. The van der Waals surface area contributed by atoms with Gasteiger partial charge in [0.15, 0.2) is 0 Å². The molecule has 0 spiro atoms. The van der Waals surface area contributed by atoms with Crippen molar-refractivity contribution in [3.05, 3.63) is 11.6 Å². The van der Waals surface area contributed by atoms with Gasteiger partial charge < -0.3 is 0 Å². The maximum atomic E-state index is 3.47. The van der Waals surface area contributed by atoms with Gasteiger partial charge in [-0.3, -0.25) is 4.99 Å². The first-order valence-corrected chi connectivity index (χ1v) is 3.84. The van der Waals surface area contributed by atoms with Crippen molar-refractivity contribution >= 4 is 18.5 Å². The van der Waals surface area contributed by atoms with Crippen molar-refractivity contribution in [1.82, 2.24) is 0 Å². The standard InChI is InChI=1S/C4H7NS.C2H6/c1-5-3-4-6-2;1-2/h3-4H,1H2,2H3;1-2H3/b4-3-;. The fraction of sp³-hybridized carbons (Fsp3) is 0.500. The molecule has 0 N–H and O–H groups in total. The highest BCUT2D eigenvalue weighted by molar-refractivity contribution is 8.01. The predicted octanol–water partition coefficient (Wildman–Crippen LogP) is 2.55. The van der Waals surface area contributed by atoms with Crippen LogP contribution >= 0.6 is 11.8 Å². The average Bonchev–Trinajstić information content (AvgIpc) is 1.88. The van der Waals surface area contributed by atoms with Gasteiger partial charge in [-0.05, 0) is 18.4 Å². The molecule has 0 heterocycles. The van der Waals surface area contributed by atoms with Gasteiger partial charge in [-0.25, -0.2) is 0 Å². The SMILES string of the molecule is C=N/C=C\SC.CC. The Hall–Kier alpha value is -0.240. The minimum atomic E-state index is 1.61. The van der Waals surface area contributed by atoms with E-state index in [2.05, 4.69) is 11.7 Å². The van der Waals surface area contributed by atoms with Gasteiger partial charge in [0, 0.05) is 6.20 Å². The quantitative estimate of drug-likeness (QED) is 0.525. The van der Waals surface area contributed by atoms with Crippen LogP contribution in [0.3, 0.4) is 0 Å². The first kappa shape index (κ1) is 10.7. The smallest absolute Gasteiger partial charge is 0.0323 e. The van der Waals surface area contributed by atoms with E-state index in [0.29, 0.717) is 0 Å². The zero-order chi connectivity index (χ0) is 6.83. The Balaban J connectivity index is 0. The van der Waals surface area contributed by atoms with Gasteiger partial charge in [-0.2, -0.15) is 0 Å². The van der Waals surface area contributed by atoms with Crippen molar-refractivity contribution in [3.8, 4) is 0 Å². The molecule has 48 valence electrons. The summed E-state index contributed by atoms with van der Waals surface area (Å²) >= 11 is 1.61. The molecule has 0 aliphatic carbocycles. The van der Waals surface area contributed by atoms with Gasteiger partial charge in [0.05, 0.1) is 0 Å². The van der Waals surface area contributed by atoms with E-state index in [9.17, 15) is 0 Å². The number of hydrogen-bond donors (Lipinski definition) is 0. The maximum Gasteiger partial charge on any atom is 0.0323 e. The van der Waals surface area contributed by atoms with E-state index < -0.39 is 0 Å². The molecular weight excluding hydrogens is 118 g/mol. The molecule has 8 heavy (non-hydrogen) atoms. The van der Waals surface area contributed by atoms with E-state index in [4.69, 9.17) is 0 Å². The highest BCUT2D eigenvalue weighted by Crippen LogP contribution is 1.90. The Morgan fingerprint density at radius 1 is 1.50 bits per heavy atom. The van der Waals surface area contributed by atoms with Crippen LogP contribution in [0.4, 0.5) is 0 Å². The number of aliphatic imine (C=N–C) groups is 1. The van der Waals surface area contributed by atoms with Crippen molar-refractivity contribution in [2.24, 2.45) is 4.99 Å². The molecule has 0 aromatic rings. The summed E-state index contributed by atoms with van der Waals surface area (Å²) < 4.78 is 0. The Morgan fingerprint density at radius 2 is 2.00 bits per heavy atom. The third kappa shape index (κ3) is 17.1. The lowest BCUT2D eigenvalue weighted by Crippen LogP contribution is -1.40. The van der Waals surface area contributed by atoms with Crippen molar-refractivity contribution in [2.45, 2.75) is 13.8 Å². The molecule has 0 saturated heterocycles. The number of thioether (sulfide) groups is 1. The van der Waals surface area contributed by atoms with Gasteiger partial charge in [-0.1, -0.05) is 13.8 Å². The topological polar surface area (TPSA) is 12.4 Å². The maximum absolute atomic E-state index is 3.47. The van der Waals surface area contributed by atoms with E-state index in [1.807, 2.05) is 25.5 Å². The normalized spacial score (nSPS) is 7.88. The second-order valence-electron chi connectivity index (χ2n) is 0.703. The zero-order valence-electron chi connectivity index (χ0n) is 5.72. The molecule has 0 aliphatic heterocycles. The molecule has 0 amide bonds. The van der Waals surface area contributed by atoms with Crippen LogP contribution in [-0.4, -0.2) is 13.0 Å². The summed E-state index contributed by atoms with van der Waals surface area (Å²) in [5, 5.41) is 1.87. The van der Waals surface area contributed by atoms with Crippen LogP contribution < -0.4 is 0 Å². The lowest BCUT2D eigenvalue weighted by Gasteiger charge is -1.68. The zero-order valence-corrected chi connectivity index (χ0v) is 6.53. The van der Waals surface area contributed by atoms with E-state index in [1.165, 1.54) is 0 Å². The van der Waals surface area contributed by atoms with E-state index in [0.717, 1.165) is 0 Å². The molecule has 0 radical (unpaired) electrons. The van der Waals surface area contributed by atoms with Crippen molar-refractivity contribution < 1.29 is 0 Å². The average molecular weight is 131 g/mol. The molecule has 0 rings (SSSR count). The minimum Gasteiger partial charge on any atom is -0.272 e.